The molecule has 0 aromatic carbocycles. The van der Waals surface area contributed by atoms with E-state index < -0.39 is 0 Å². The van der Waals surface area contributed by atoms with Gasteiger partial charge in [-0.3, -0.25) is 4.98 Å². The van der Waals surface area contributed by atoms with Gasteiger partial charge in [-0.2, -0.15) is 4.98 Å². The third kappa shape index (κ3) is 3.41. The van der Waals surface area contributed by atoms with Crippen LogP contribution in [0.15, 0.2) is 36.8 Å². The van der Waals surface area contributed by atoms with E-state index >= 15 is 0 Å². The van der Waals surface area contributed by atoms with Gasteiger partial charge in [0.1, 0.15) is 11.5 Å². The van der Waals surface area contributed by atoms with Gasteiger partial charge in [0.15, 0.2) is 5.82 Å². The van der Waals surface area contributed by atoms with Crippen molar-refractivity contribution in [2.75, 3.05) is 17.2 Å². The van der Waals surface area contributed by atoms with Gasteiger partial charge in [0.2, 0.25) is 5.95 Å². The summed E-state index contributed by atoms with van der Waals surface area (Å²) in [7, 11) is 0. The molecule has 0 spiro atoms. The van der Waals surface area contributed by atoms with Gasteiger partial charge >= 0.3 is 0 Å². The second-order valence-electron chi connectivity index (χ2n) is 7.79. The van der Waals surface area contributed by atoms with Crippen molar-refractivity contribution in [2.45, 2.75) is 44.7 Å². The van der Waals surface area contributed by atoms with Crippen molar-refractivity contribution in [1.29, 1.82) is 0 Å². The Hall–Kier alpha value is -3.33. The zero-order chi connectivity index (χ0) is 20.5. The van der Waals surface area contributed by atoms with E-state index in [2.05, 4.69) is 35.4 Å². The minimum atomic E-state index is -0.0872. The van der Waals surface area contributed by atoms with Crippen LogP contribution in [0.1, 0.15) is 38.6 Å². The Bertz CT molecular complexity index is 1170. The first kappa shape index (κ1) is 18.7. The van der Waals surface area contributed by atoms with Crippen LogP contribution in [-0.4, -0.2) is 47.5 Å². The number of aliphatic hydroxyl groups is 1. The molecule has 0 amide bonds. The lowest BCUT2D eigenvalue weighted by Gasteiger charge is -2.14. The topological polar surface area (TPSA) is 114 Å². The zero-order valence-electron chi connectivity index (χ0n) is 16.8. The summed E-state index contributed by atoms with van der Waals surface area (Å²) in [5.41, 5.74) is 2.03. The molecule has 30 heavy (non-hydrogen) atoms. The van der Waals surface area contributed by atoms with Gasteiger partial charge in [0, 0.05) is 35.2 Å². The summed E-state index contributed by atoms with van der Waals surface area (Å²) in [6.45, 7) is 1.90. The SMILES string of the molecule is C[C@H](CO)Nc1ccc(Nc2ncc3c4ccncc4n(C4CCCC4)c3n2)nn1. The predicted molar refractivity (Wildman–Crippen MR) is 116 cm³/mol. The maximum absolute atomic E-state index is 9.14. The molecular weight excluding hydrogens is 380 g/mol. The van der Waals surface area contributed by atoms with Gasteiger partial charge in [-0.25, -0.2) is 4.98 Å². The second-order valence-corrected chi connectivity index (χ2v) is 7.79. The summed E-state index contributed by atoms with van der Waals surface area (Å²) in [4.78, 5) is 13.7. The Balaban J connectivity index is 1.49. The fraction of sp³-hybridized carbons (Fsp3) is 0.381. The lowest BCUT2D eigenvalue weighted by Crippen LogP contribution is -2.20. The molecule has 1 aliphatic carbocycles. The third-order valence-electron chi connectivity index (χ3n) is 5.61. The van der Waals surface area contributed by atoms with E-state index in [-0.39, 0.29) is 12.6 Å². The molecule has 0 bridgehead atoms. The molecular formula is C21H24N8O. The molecule has 0 radical (unpaired) electrons. The van der Waals surface area contributed by atoms with E-state index in [0.717, 1.165) is 34.8 Å². The van der Waals surface area contributed by atoms with E-state index in [9.17, 15) is 0 Å². The lowest BCUT2D eigenvalue weighted by atomic mass is 10.2. The number of hydrogen-bond donors (Lipinski definition) is 3. The minimum Gasteiger partial charge on any atom is -0.394 e. The summed E-state index contributed by atoms with van der Waals surface area (Å²) in [5.74, 6) is 1.64. The first-order chi connectivity index (χ1) is 14.7. The number of nitrogens with zero attached hydrogens (tertiary/aromatic N) is 6. The van der Waals surface area contributed by atoms with Gasteiger partial charge in [-0.15, -0.1) is 10.2 Å². The highest BCUT2D eigenvalue weighted by molar-refractivity contribution is 6.06. The summed E-state index contributed by atoms with van der Waals surface area (Å²) in [6.07, 6.45) is 10.4. The minimum absolute atomic E-state index is 0.0278. The molecule has 0 saturated heterocycles. The van der Waals surface area contributed by atoms with Crippen molar-refractivity contribution in [3.05, 3.63) is 36.8 Å². The predicted octanol–water partition coefficient (Wildman–Crippen LogP) is 3.42. The lowest BCUT2D eigenvalue weighted by molar-refractivity contribution is 0.281. The van der Waals surface area contributed by atoms with Crippen LogP contribution in [0.2, 0.25) is 0 Å². The van der Waals surface area contributed by atoms with Crippen LogP contribution >= 0.6 is 0 Å². The summed E-state index contributed by atoms with van der Waals surface area (Å²) in [6, 6.07) is 6.00. The molecule has 0 aliphatic heterocycles. The number of fused-ring (bicyclic) bond motifs is 3. The summed E-state index contributed by atoms with van der Waals surface area (Å²) >= 11 is 0. The van der Waals surface area contributed by atoms with Gasteiger partial charge in [0.05, 0.1) is 18.3 Å². The van der Waals surface area contributed by atoms with Gasteiger partial charge in [0.25, 0.3) is 0 Å². The number of hydrogen-bond acceptors (Lipinski definition) is 8. The molecule has 0 unspecified atom stereocenters. The van der Waals surface area contributed by atoms with Gasteiger partial charge in [-0.05, 0) is 38.0 Å². The molecule has 1 fully saturated rings. The molecule has 5 rings (SSSR count). The highest BCUT2D eigenvalue weighted by Crippen LogP contribution is 2.37. The number of pyridine rings is 1. The van der Waals surface area contributed by atoms with Crippen molar-refractivity contribution in [3.8, 4) is 0 Å². The molecule has 4 aromatic rings. The molecule has 9 nitrogen and oxygen atoms in total. The Kier molecular flexibility index (Phi) is 4.88. The van der Waals surface area contributed by atoms with Crippen LogP contribution in [0.25, 0.3) is 21.9 Å². The quantitative estimate of drug-likeness (QED) is 0.448. The molecule has 1 atom stereocenters. The first-order valence-corrected chi connectivity index (χ1v) is 10.3. The van der Waals surface area contributed by atoms with Crippen molar-refractivity contribution < 1.29 is 5.11 Å². The fourth-order valence-corrected chi connectivity index (χ4v) is 4.15. The maximum Gasteiger partial charge on any atom is 0.230 e. The van der Waals surface area contributed by atoms with Crippen molar-refractivity contribution >= 4 is 39.5 Å². The molecule has 154 valence electrons. The smallest absolute Gasteiger partial charge is 0.230 e. The molecule has 9 heteroatoms. The van der Waals surface area contributed by atoms with E-state index in [4.69, 9.17) is 10.1 Å². The van der Waals surface area contributed by atoms with E-state index in [1.165, 1.54) is 12.8 Å². The summed E-state index contributed by atoms with van der Waals surface area (Å²) < 4.78 is 2.33. The number of aliphatic hydroxyl groups excluding tert-OH is 1. The van der Waals surface area contributed by atoms with Crippen molar-refractivity contribution in [2.24, 2.45) is 0 Å². The van der Waals surface area contributed by atoms with Crippen LogP contribution in [-0.2, 0) is 0 Å². The molecule has 4 heterocycles. The standard InChI is InChI=1S/C21H24N8O/c1-13(12-30)24-18-6-7-19(28-27-18)25-21-23-10-16-15-8-9-22-11-17(15)29(20(16)26-21)14-4-2-3-5-14/h6-11,13-14,30H,2-5,12H2,1H3,(H,24,27)(H,23,25,26,28)/t13-/m1/s1. The van der Waals surface area contributed by atoms with Crippen LogP contribution in [0.5, 0.6) is 0 Å². The largest absolute Gasteiger partial charge is 0.394 e. The molecule has 1 saturated carbocycles. The number of rotatable bonds is 6. The average Bonchev–Trinajstić information content (AvgIpc) is 3.40. The van der Waals surface area contributed by atoms with E-state index in [1.54, 1.807) is 6.07 Å². The third-order valence-corrected chi connectivity index (χ3v) is 5.61. The normalized spacial score (nSPS) is 15.7. The zero-order valence-corrected chi connectivity index (χ0v) is 16.8. The van der Waals surface area contributed by atoms with Crippen molar-refractivity contribution in [1.82, 2.24) is 29.7 Å². The highest BCUT2D eigenvalue weighted by atomic mass is 16.3. The Morgan fingerprint density at radius 3 is 2.67 bits per heavy atom. The van der Waals surface area contributed by atoms with E-state index in [1.807, 2.05) is 37.6 Å². The summed E-state index contributed by atoms with van der Waals surface area (Å²) in [5, 5.41) is 25.8. The molecule has 4 aromatic heterocycles. The monoisotopic (exact) mass is 404 g/mol. The Morgan fingerprint density at radius 2 is 1.90 bits per heavy atom. The number of nitrogens with one attached hydrogen (secondary N) is 2. The van der Waals surface area contributed by atoms with Crippen LogP contribution in [0.3, 0.4) is 0 Å². The maximum atomic E-state index is 9.14. The number of anilines is 3. The molecule has 3 N–H and O–H groups in total. The number of aromatic nitrogens is 6. The van der Waals surface area contributed by atoms with E-state index in [0.29, 0.717) is 23.6 Å². The highest BCUT2D eigenvalue weighted by Gasteiger charge is 2.23. The van der Waals surface area contributed by atoms with Gasteiger partial charge < -0.3 is 20.3 Å². The van der Waals surface area contributed by atoms with Crippen LogP contribution < -0.4 is 10.6 Å². The Labute approximate surface area is 173 Å². The Morgan fingerprint density at radius 1 is 1.10 bits per heavy atom. The second kappa shape index (κ2) is 7.83. The van der Waals surface area contributed by atoms with Crippen LogP contribution in [0, 0.1) is 0 Å². The van der Waals surface area contributed by atoms with Gasteiger partial charge in [-0.1, -0.05) is 12.8 Å². The average molecular weight is 404 g/mol. The first-order valence-electron chi connectivity index (χ1n) is 10.3. The van der Waals surface area contributed by atoms with Crippen molar-refractivity contribution in [3.63, 3.8) is 0 Å². The fourth-order valence-electron chi connectivity index (χ4n) is 4.15. The van der Waals surface area contributed by atoms with Crippen LogP contribution in [0.4, 0.5) is 17.6 Å². The molecule has 1 aliphatic rings.